The summed E-state index contributed by atoms with van der Waals surface area (Å²) in [6, 6.07) is 2.17. The number of hydrogen-bond acceptors (Lipinski definition) is 2. The highest BCUT2D eigenvalue weighted by Gasteiger charge is 2.35. The lowest BCUT2D eigenvalue weighted by Crippen LogP contribution is -2.14. The molecule has 0 saturated carbocycles. The van der Waals surface area contributed by atoms with E-state index < -0.39 is 23.3 Å². The van der Waals surface area contributed by atoms with Crippen LogP contribution in [0.5, 0.6) is 0 Å². The van der Waals surface area contributed by atoms with E-state index in [0.717, 1.165) is 6.07 Å². The predicted octanol–water partition coefficient (Wildman–Crippen LogP) is 4.05. The van der Waals surface area contributed by atoms with Gasteiger partial charge in [-0.3, -0.25) is 9.48 Å². The first kappa shape index (κ1) is 15.7. The van der Waals surface area contributed by atoms with Crippen LogP contribution in [0.1, 0.15) is 28.5 Å². The minimum Gasteiger partial charge on any atom is -0.287 e. The fraction of sp³-hybridized carbons (Fsp3) is 0.231. The second-order valence-electron chi connectivity index (χ2n) is 4.18. The van der Waals surface area contributed by atoms with Crippen LogP contribution in [0.2, 0.25) is 0 Å². The Labute approximate surface area is 125 Å². The average molecular weight is 365 g/mol. The number of nitrogens with zero attached hydrogens (tertiary/aromatic N) is 2. The van der Waals surface area contributed by atoms with Crippen LogP contribution in [-0.4, -0.2) is 15.6 Å². The molecule has 0 atom stereocenters. The van der Waals surface area contributed by atoms with Gasteiger partial charge in [0.1, 0.15) is 11.5 Å². The number of aryl methyl sites for hydroxylation is 1. The zero-order valence-corrected chi connectivity index (χ0v) is 12.3. The summed E-state index contributed by atoms with van der Waals surface area (Å²) in [5.74, 6) is -2.08. The van der Waals surface area contributed by atoms with Gasteiger partial charge in [0.2, 0.25) is 5.78 Å². The first-order valence-electron chi connectivity index (χ1n) is 5.88. The molecule has 8 heteroatoms. The second-order valence-corrected chi connectivity index (χ2v) is 5.03. The Morgan fingerprint density at radius 1 is 1.38 bits per heavy atom. The molecule has 0 saturated heterocycles. The molecular weight excluding hydrogens is 356 g/mol. The van der Waals surface area contributed by atoms with Gasteiger partial charge in [0, 0.05) is 12.1 Å². The van der Waals surface area contributed by atoms with Gasteiger partial charge in [-0.1, -0.05) is 0 Å². The van der Waals surface area contributed by atoms with E-state index in [1.807, 2.05) is 0 Å². The van der Waals surface area contributed by atoms with Crippen molar-refractivity contribution in [1.82, 2.24) is 9.78 Å². The average Bonchev–Trinajstić information content (AvgIpc) is 2.78. The zero-order valence-electron chi connectivity index (χ0n) is 10.7. The molecule has 1 aromatic carbocycles. The summed E-state index contributed by atoms with van der Waals surface area (Å²) < 4.78 is 53.0. The van der Waals surface area contributed by atoms with Crippen molar-refractivity contribution in [3.8, 4) is 0 Å². The molecule has 0 amide bonds. The topological polar surface area (TPSA) is 34.9 Å². The molecule has 0 aliphatic carbocycles. The molecule has 112 valence electrons. The third kappa shape index (κ3) is 2.99. The highest BCUT2D eigenvalue weighted by atomic mass is 79.9. The molecule has 0 spiro atoms. The number of rotatable bonds is 3. The van der Waals surface area contributed by atoms with Gasteiger partial charge in [0.15, 0.2) is 0 Å². The molecular formula is C13H9BrF4N2O. The molecule has 0 aliphatic heterocycles. The van der Waals surface area contributed by atoms with Crippen molar-refractivity contribution in [3.05, 3.63) is 51.5 Å². The maximum Gasteiger partial charge on any atom is 0.419 e. The molecule has 0 fully saturated rings. The smallest absolute Gasteiger partial charge is 0.287 e. The summed E-state index contributed by atoms with van der Waals surface area (Å²) >= 11 is 3.13. The molecule has 21 heavy (non-hydrogen) atoms. The lowest BCUT2D eigenvalue weighted by atomic mass is 10.0. The molecule has 2 aromatic rings. The van der Waals surface area contributed by atoms with Crippen molar-refractivity contribution >= 4 is 21.7 Å². The summed E-state index contributed by atoms with van der Waals surface area (Å²) in [7, 11) is 0. The van der Waals surface area contributed by atoms with Crippen LogP contribution in [0.4, 0.5) is 17.6 Å². The Hall–Kier alpha value is -1.70. The number of ketones is 1. The van der Waals surface area contributed by atoms with Crippen LogP contribution in [0, 0.1) is 5.82 Å². The van der Waals surface area contributed by atoms with Crippen molar-refractivity contribution in [2.75, 3.05) is 0 Å². The molecule has 2 rings (SSSR count). The monoisotopic (exact) mass is 364 g/mol. The summed E-state index contributed by atoms with van der Waals surface area (Å²) in [6.45, 7) is 2.11. The SMILES string of the molecule is CCn1ncc(Br)c1C(=O)c1ccc(F)c(C(F)(F)F)c1. The van der Waals surface area contributed by atoms with Crippen LogP contribution < -0.4 is 0 Å². The summed E-state index contributed by atoms with van der Waals surface area (Å²) in [5, 5.41) is 3.92. The van der Waals surface area contributed by atoms with Crippen molar-refractivity contribution in [3.63, 3.8) is 0 Å². The Balaban J connectivity index is 2.52. The second kappa shape index (κ2) is 5.59. The molecule has 0 radical (unpaired) electrons. The highest BCUT2D eigenvalue weighted by molar-refractivity contribution is 9.10. The molecule has 1 heterocycles. The lowest BCUT2D eigenvalue weighted by molar-refractivity contribution is -0.140. The van der Waals surface area contributed by atoms with E-state index in [4.69, 9.17) is 0 Å². The fourth-order valence-corrected chi connectivity index (χ4v) is 2.32. The molecule has 0 aliphatic rings. The van der Waals surface area contributed by atoms with Crippen molar-refractivity contribution < 1.29 is 22.4 Å². The molecule has 1 aromatic heterocycles. The number of alkyl halides is 3. The Bertz CT molecular complexity index is 694. The molecule has 0 bridgehead atoms. The van der Waals surface area contributed by atoms with Crippen LogP contribution in [-0.2, 0) is 12.7 Å². The van der Waals surface area contributed by atoms with Gasteiger partial charge in [-0.25, -0.2) is 4.39 Å². The first-order valence-corrected chi connectivity index (χ1v) is 6.67. The maximum absolute atomic E-state index is 13.2. The molecule has 3 nitrogen and oxygen atoms in total. The number of halogens is 5. The van der Waals surface area contributed by atoms with Gasteiger partial charge < -0.3 is 0 Å². The molecule has 0 unspecified atom stereocenters. The van der Waals surface area contributed by atoms with Crippen molar-refractivity contribution in [1.29, 1.82) is 0 Å². The summed E-state index contributed by atoms with van der Waals surface area (Å²) in [4.78, 5) is 12.3. The van der Waals surface area contributed by atoms with Crippen LogP contribution in [0.3, 0.4) is 0 Å². The van der Waals surface area contributed by atoms with Crippen molar-refractivity contribution in [2.45, 2.75) is 19.6 Å². The van der Waals surface area contributed by atoms with E-state index in [-0.39, 0.29) is 11.3 Å². The lowest BCUT2D eigenvalue weighted by Gasteiger charge is -2.10. The Morgan fingerprint density at radius 3 is 2.62 bits per heavy atom. The Morgan fingerprint density at radius 2 is 2.05 bits per heavy atom. The maximum atomic E-state index is 13.2. The predicted molar refractivity (Wildman–Crippen MR) is 70.4 cm³/mol. The van der Waals surface area contributed by atoms with E-state index in [2.05, 4.69) is 21.0 Å². The van der Waals surface area contributed by atoms with E-state index in [1.165, 1.54) is 10.9 Å². The Kier molecular flexibility index (Phi) is 4.18. The molecule has 0 N–H and O–H groups in total. The van der Waals surface area contributed by atoms with Crippen LogP contribution in [0.25, 0.3) is 0 Å². The minimum atomic E-state index is -4.86. The number of benzene rings is 1. The number of carbonyl (C=O) groups excluding carboxylic acids is 1. The summed E-state index contributed by atoms with van der Waals surface area (Å²) in [6.07, 6.45) is -3.48. The standard InChI is InChI=1S/C13H9BrF4N2O/c1-2-20-11(9(14)6-19-20)12(21)7-3-4-10(15)8(5-7)13(16,17)18/h3-6H,2H2,1H3. The summed E-state index contributed by atoms with van der Waals surface area (Å²) in [5.41, 5.74) is -1.59. The largest absolute Gasteiger partial charge is 0.419 e. The normalized spacial score (nSPS) is 11.7. The number of hydrogen-bond donors (Lipinski definition) is 0. The first-order chi connectivity index (χ1) is 9.75. The van der Waals surface area contributed by atoms with E-state index in [0.29, 0.717) is 23.2 Å². The van der Waals surface area contributed by atoms with Gasteiger partial charge in [0.05, 0.1) is 16.2 Å². The fourth-order valence-electron chi connectivity index (χ4n) is 1.85. The number of aromatic nitrogens is 2. The third-order valence-electron chi connectivity index (χ3n) is 2.84. The van der Waals surface area contributed by atoms with E-state index in [1.54, 1.807) is 6.92 Å². The minimum absolute atomic E-state index is 0.122. The van der Waals surface area contributed by atoms with Gasteiger partial charge in [0.25, 0.3) is 0 Å². The van der Waals surface area contributed by atoms with Crippen LogP contribution in [0.15, 0.2) is 28.9 Å². The third-order valence-corrected chi connectivity index (χ3v) is 3.42. The van der Waals surface area contributed by atoms with E-state index in [9.17, 15) is 22.4 Å². The van der Waals surface area contributed by atoms with Crippen molar-refractivity contribution in [2.24, 2.45) is 0 Å². The number of carbonyl (C=O) groups is 1. The highest BCUT2D eigenvalue weighted by Crippen LogP contribution is 2.32. The zero-order chi connectivity index (χ0) is 15.8. The quantitative estimate of drug-likeness (QED) is 0.608. The van der Waals surface area contributed by atoms with Gasteiger partial charge in [-0.15, -0.1) is 0 Å². The van der Waals surface area contributed by atoms with Gasteiger partial charge in [-0.2, -0.15) is 18.3 Å². The van der Waals surface area contributed by atoms with E-state index >= 15 is 0 Å². The van der Waals surface area contributed by atoms with Gasteiger partial charge >= 0.3 is 6.18 Å². The van der Waals surface area contributed by atoms with Crippen LogP contribution >= 0.6 is 15.9 Å². The van der Waals surface area contributed by atoms with Gasteiger partial charge in [-0.05, 0) is 41.1 Å².